The van der Waals surface area contributed by atoms with Gasteiger partial charge in [0.15, 0.2) is 0 Å². The molecular formula is C13H23NO3S. The molecule has 0 saturated heterocycles. The summed E-state index contributed by atoms with van der Waals surface area (Å²) in [6, 6.07) is 4.18. The van der Waals surface area contributed by atoms with Gasteiger partial charge in [-0.05, 0) is 24.8 Å². The number of hydrogen-bond donors (Lipinski definition) is 2. The normalized spacial score (nSPS) is 14.6. The van der Waals surface area contributed by atoms with Crippen LogP contribution in [0.5, 0.6) is 0 Å². The van der Waals surface area contributed by atoms with Crippen LogP contribution in [-0.4, -0.2) is 50.7 Å². The number of methoxy groups -OCH3 is 1. The number of ether oxygens (including phenoxy) is 2. The van der Waals surface area contributed by atoms with Crippen LogP contribution in [0.3, 0.4) is 0 Å². The van der Waals surface area contributed by atoms with E-state index in [1.54, 1.807) is 18.4 Å². The molecule has 2 N–H and O–H groups in total. The van der Waals surface area contributed by atoms with Crippen LogP contribution < -0.4 is 5.32 Å². The summed E-state index contributed by atoms with van der Waals surface area (Å²) in [5.41, 5.74) is 0. The number of thiophene rings is 1. The lowest BCUT2D eigenvalue weighted by atomic mass is 10.3. The van der Waals surface area contributed by atoms with E-state index in [1.807, 2.05) is 6.92 Å². The summed E-state index contributed by atoms with van der Waals surface area (Å²) in [5.74, 6) is 0. The third kappa shape index (κ3) is 7.08. The van der Waals surface area contributed by atoms with Gasteiger partial charge in [0.25, 0.3) is 0 Å². The van der Waals surface area contributed by atoms with E-state index in [-0.39, 0.29) is 6.10 Å². The van der Waals surface area contributed by atoms with Gasteiger partial charge >= 0.3 is 0 Å². The fourth-order valence-corrected chi connectivity index (χ4v) is 2.26. The highest BCUT2D eigenvalue weighted by Gasteiger charge is 2.07. The molecule has 1 aromatic rings. The van der Waals surface area contributed by atoms with Gasteiger partial charge in [-0.3, -0.25) is 0 Å². The van der Waals surface area contributed by atoms with E-state index < -0.39 is 6.10 Å². The van der Waals surface area contributed by atoms with Gasteiger partial charge in [-0.15, -0.1) is 11.3 Å². The van der Waals surface area contributed by atoms with Crippen LogP contribution >= 0.6 is 11.3 Å². The lowest BCUT2D eigenvalue weighted by Crippen LogP contribution is -2.33. The van der Waals surface area contributed by atoms with Crippen molar-refractivity contribution in [1.82, 2.24) is 5.32 Å². The summed E-state index contributed by atoms with van der Waals surface area (Å²) in [4.78, 5) is 1.36. The topological polar surface area (TPSA) is 50.7 Å². The third-order valence-corrected chi connectivity index (χ3v) is 3.42. The van der Waals surface area contributed by atoms with Crippen molar-refractivity contribution in [3.05, 3.63) is 22.4 Å². The SMILES string of the molecule is COCC(C)OCC(O)CNCCc1cccs1. The van der Waals surface area contributed by atoms with Gasteiger partial charge in [-0.25, -0.2) is 0 Å². The molecule has 104 valence electrons. The lowest BCUT2D eigenvalue weighted by molar-refractivity contribution is -0.0309. The first-order valence-electron chi connectivity index (χ1n) is 6.24. The van der Waals surface area contributed by atoms with Crippen LogP contribution in [-0.2, 0) is 15.9 Å². The molecule has 0 saturated carbocycles. The van der Waals surface area contributed by atoms with Crippen molar-refractivity contribution in [2.24, 2.45) is 0 Å². The summed E-state index contributed by atoms with van der Waals surface area (Å²) < 4.78 is 10.4. The Bertz CT molecular complexity index is 292. The van der Waals surface area contributed by atoms with Crippen molar-refractivity contribution < 1.29 is 14.6 Å². The second kappa shape index (κ2) is 9.47. The van der Waals surface area contributed by atoms with Crippen molar-refractivity contribution >= 4 is 11.3 Å². The maximum absolute atomic E-state index is 9.70. The number of aliphatic hydroxyl groups is 1. The predicted octanol–water partition coefficient (Wildman–Crippen LogP) is 1.29. The van der Waals surface area contributed by atoms with Crippen molar-refractivity contribution in [3.63, 3.8) is 0 Å². The summed E-state index contributed by atoms with van der Waals surface area (Å²) >= 11 is 1.76. The largest absolute Gasteiger partial charge is 0.389 e. The zero-order chi connectivity index (χ0) is 13.2. The van der Waals surface area contributed by atoms with E-state index in [0.29, 0.717) is 19.8 Å². The zero-order valence-corrected chi connectivity index (χ0v) is 11.9. The molecule has 18 heavy (non-hydrogen) atoms. The maximum Gasteiger partial charge on any atom is 0.0897 e. The third-order valence-electron chi connectivity index (χ3n) is 2.48. The van der Waals surface area contributed by atoms with Gasteiger partial charge in [-0.1, -0.05) is 6.07 Å². The quantitative estimate of drug-likeness (QED) is 0.631. The molecule has 2 unspecified atom stereocenters. The monoisotopic (exact) mass is 273 g/mol. The molecule has 0 bridgehead atoms. The number of hydrogen-bond acceptors (Lipinski definition) is 5. The molecule has 5 heteroatoms. The highest BCUT2D eigenvalue weighted by molar-refractivity contribution is 7.09. The van der Waals surface area contributed by atoms with Crippen LogP contribution in [0.25, 0.3) is 0 Å². The first kappa shape index (κ1) is 15.6. The molecule has 0 amide bonds. The highest BCUT2D eigenvalue weighted by atomic mass is 32.1. The van der Waals surface area contributed by atoms with E-state index in [4.69, 9.17) is 9.47 Å². The van der Waals surface area contributed by atoms with E-state index >= 15 is 0 Å². The Hall–Kier alpha value is -0.460. The van der Waals surface area contributed by atoms with Crippen LogP contribution in [0, 0.1) is 0 Å². The number of rotatable bonds is 10. The van der Waals surface area contributed by atoms with Crippen LogP contribution in [0.15, 0.2) is 17.5 Å². The van der Waals surface area contributed by atoms with E-state index in [2.05, 4.69) is 22.8 Å². The molecule has 2 atom stereocenters. The maximum atomic E-state index is 9.70. The lowest BCUT2D eigenvalue weighted by Gasteiger charge is -2.16. The molecule has 0 spiro atoms. The molecular weight excluding hydrogens is 250 g/mol. The van der Waals surface area contributed by atoms with E-state index in [1.165, 1.54) is 4.88 Å². The molecule has 4 nitrogen and oxygen atoms in total. The van der Waals surface area contributed by atoms with Gasteiger partial charge in [0.1, 0.15) is 0 Å². The smallest absolute Gasteiger partial charge is 0.0897 e. The van der Waals surface area contributed by atoms with E-state index in [9.17, 15) is 5.11 Å². The second-order valence-corrected chi connectivity index (χ2v) is 5.32. The van der Waals surface area contributed by atoms with Gasteiger partial charge in [0, 0.05) is 25.1 Å². The van der Waals surface area contributed by atoms with Crippen molar-refractivity contribution in [2.45, 2.75) is 25.6 Å². The Balaban J connectivity index is 1.98. The fourth-order valence-electron chi connectivity index (χ4n) is 1.55. The summed E-state index contributed by atoms with van der Waals surface area (Å²) in [5, 5.41) is 15.0. The average Bonchev–Trinajstić information content (AvgIpc) is 2.85. The summed E-state index contributed by atoms with van der Waals surface area (Å²) in [6.07, 6.45) is 0.564. The molecule has 0 aliphatic carbocycles. The van der Waals surface area contributed by atoms with Crippen molar-refractivity contribution in [1.29, 1.82) is 0 Å². The van der Waals surface area contributed by atoms with Crippen molar-refractivity contribution in [2.75, 3.05) is 33.4 Å². The fraction of sp³-hybridized carbons (Fsp3) is 0.692. The number of nitrogens with one attached hydrogen (secondary N) is 1. The Kier molecular flexibility index (Phi) is 8.20. The molecule has 1 heterocycles. The van der Waals surface area contributed by atoms with Crippen LogP contribution in [0.1, 0.15) is 11.8 Å². The summed E-state index contributed by atoms with van der Waals surface area (Å²) in [7, 11) is 1.64. The zero-order valence-electron chi connectivity index (χ0n) is 11.1. The molecule has 0 aliphatic rings. The minimum absolute atomic E-state index is 0.0239. The second-order valence-electron chi connectivity index (χ2n) is 4.29. The minimum atomic E-state index is -0.465. The van der Waals surface area contributed by atoms with Crippen LogP contribution in [0.4, 0.5) is 0 Å². The number of aliphatic hydroxyl groups excluding tert-OH is 1. The van der Waals surface area contributed by atoms with Gasteiger partial charge in [0.05, 0.1) is 25.4 Å². The Morgan fingerprint density at radius 2 is 2.28 bits per heavy atom. The van der Waals surface area contributed by atoms with Gasteiger partial charge in [0.2, 0.25) is 0 Å². The Labute approximate surface area is 113 Å². The first-order chi connectivity index (χ1) is 8.72. The Morgan fingerprint density at radius 1 is 1.44 bits per heavy atom. The highest BCUT2D eigenvalue weighted by Crippen LogP contribution is 2.07. The van der Waals surface area contributed by atoms with E-state index in [0.717, 1.165) is 13.0 Å². The van der Waals surface area contributed by atoms with Crippen LogP contribution in [0.2, 0.25) is 0 Å². The average molecular weight is 273 g/mol. The minimum Gasteiger partial charge on any atom is -0.389 e. The first-order valence-corrected chi connectivity index (χ1v) is 7.12. The summed E-state index contributed by atoms with van der Waals surface area (Å²) in [6.45, 7) is 4.27. The Morgan fingerprint density at radius 3 is 2.94 bits per heavy atom. The van der Waals surface area contributed by atoms with Gasteiger partial charge < -0.3 is 19.9 Å². The van der Waals surface area contributed by atoms with Crippen molar-refractivity contribution in [3.8, 4) is 0 Å². The standard InChI is InChI=1S/C13H23NO3S/c1-11(9-16-2)17-10-12(15)8-14-6-5-13-4-3-7-18-13/h3-4,7,11-12,14-15H,5-6,8-10H2,1-2H3. The molecule has 0 aromatic carbocycles. The molecule has 1 aromatic heterocycles. The molecule has 0 fully saturated rings. The molecule has 0 aliphatic heterocycles. The van der Waals surface area contributed by atoms with Gasteiger partial charge in [-0.2, -0.15) is 0 Å². The molecule has 1 rings (SSSR count). The molecule has 0 radical (unpaired) electrons. The predicted molar refractivity (Wildman–Crippen MR) is 74.2 cm³/mol.